The molecule has 1 rings (SSSR count). The average Bonchev–Trinajstić information content (AvgIpc) is 2.27. The first-order valence-corrected chi connectivity index (χ1v) is 4.43. The molecule has 17 heavy (non-hydrogen) atoms. The molecule has 3 N–H and O–H groups in total. The zero-order chi connectivity index (χ0) is 12.8. The minimum atomic E-state index is -1.09. The van der Waals surface area contributed by atoms with E-state index in [0.717, 1.165) is 0 Å². The molecule has 0 aliphatic carbocycles. The van der Waals surface area contributed by atoms with E-state index in [1.165, 1.54) is 24.3 Å². The van der Waals surface area contributed by atoms with E-state index in [9.17, 15) is 19.7 Å². The van der Waals surface area contributed by atoms with Crippen LogP contribution in [0, 0.1) is 10.1 Å². The lowest BCUT2D eigenvalue weighted by Gasteiger charge is -2.02. The summed E-state index contributed by atoms with van der Waals surface area (Å²) in [5.41, 5.74) is -0.121. The van der Waals surface area contributed by atoms with Crippen molar-refractivity contribution in [3.63, 3.8) is 0 Å². The molecule has 8 nitrogen and oxygen atoms in total. The number of nitro benzene ring substituents is 1. The zero-order valence-electron chi connectivity index (χ0n) is 8.50. The second kappa shape index (κ2) is 5.45. The van der Waals surface area contributed by atoms with Gasteiger partial charge in [-0.25, -0.2) is 4.79 Å². The Morgan fingerprint density at radius 3 is 2.41 bits per heavy atom. The number of non-ortho nitro benzene ring substituents is 1. The maximum absolute atomic E-state index is 11.1. The number of benzene rings is 1. The lowest BCUT2D eigenvalue weighted by atomic mass is 10.3. The van der Waals surface area contributed by atoms with E-state index in [1.807, 2.05) is 5.32 Å². The molecule has 1 aromatic rings. The predicted molar refractivity (Wildman–Crippen MR) is 55.7 cm³/mol. The van der Waals surface area contributed by atoms with Gasteiger partial charge in [-0.3, -0.25) is 15.4 Å². The SMILES string of the molecule is O=C([OH2+])NCC(=O)Oc1ccc([N+](=O)[O-])cc1. The van der Waals surface area contributed by atoms with Crippen LogP contribution in [-0.2, 0) is 4.79 Å². The molecule has 0 unspecified atom stereocenters. The number of esters is 1. The molecule has 0 fully saturated rings. The number of hydrogen-bond donors (Lipinski definition) is 1. The van der Waals surface area contributed by atoms with Crippen molar-refractivity contribution in [3.05, 3.63) is 34.4 Å². The minimum absolute atomic E-state index is 0.121. The Hall–Kier alpha value is -2.64. The highest BCUT2D eigenvalue weighted by Gasteiger charge is 2.11. The summed E-state index contributed by atoms with van der Waals surface area (Å²) in [5, 5.41) is 18.8. The standard InChI is InChI=1S/C9H8N2O6/c12-8(5-10-9(13)14)17-7-3-1-6(2-4-7)11(15)16/h1-4,10H,5H2,(H,13,14)/p+1. The first-order valence-electron chi connectivity index (χ1n) is 4.43. The Bertz CT molecular complexity index is 441. The molecule has 0 atom stereocenters. The third-order valence-electron chi connectivity index (χ3n) is 1.67. The summed E-state index contributed by atoms with van der Waals surface area (Å²) < 4.78 is 4.74. The number of nitro groups is 1. The Balaban J connectivity index is 2.54. The lowest BCUT2D eigenvalue weighted by Crippen LogP contribution is -2.30. The van der Waals surface area contributed by atoms with Crippen molar-refractivity contribution in [1.82, 2.24) is 5.32 Å². The smallest absolute Gasteiger partial charge is 0.547 e. The molecule has 1 aromatic carbocycles. The third-order valence-corrected chi connectivity index (χ3v) is 1.67. The second-order valence-corrected chi connectivity index (χ2v) is 2.91. The van der Waals surface area contributed by atoms with Crippen molar-refractivity contribution in [3.8, 4) is 5.75 Å². The van der Waals surface area contributed by atoms with Crippen LogP contribution in [0.3, 0.4) is 0 Å². The molecular weight excluding hydrogens is 232 g/mol. The van der Waals surface area contributed by atoms with Gasteiger partial charge in [0.1, 0.15) is 12.3 Å². The fourth-order valence-electron chi connectivity index (χ4n) is 0.956. The Labute approximate surface area is 95.0 Å². The van der Waals surface area contributed by atoms with Crippen LogP contribution in [0.1, 0.15) is 0 Å². The topological polar surface area (TPSA) is 121 Å². The van der Waals surface area contributed by atoms with E-state index < -0.39 is 23.5 Å². The molecule has 0 heterocycles. The van der Waals surface area contributed by atoms with Crippen LogP contribution in [0.25, 0.3) is 0 Å². The molecule has 0 saturated carbocycles. The van der Waals surface area contributed by atoms with Crippen LogP contribution in [-0.4, -0.2) is 28.6 Å². The van der Waals surface area contributed by atoms with Crippen molar-refractivity contribution in [2.24, 2.45) is 0 Å². The van der Waals surface area contributed by atoms with Crippen molar-refractivity contribution in [2.45, 2.75) is 0 Å². The molecule has 8 heteroatoms. The number of carbonyl (C=O) groups is 2. The average molecular weight is 241 g/mol. The summed E-state index contributed by atoms with van der Waals surface area (Å²) in [4.78, 5) is 31.0. The van der Waals surface area contributed by atoms with Crippen LogP contribution in [0.2, 0.25) is 0 Å². The maximum Gasteiger partial charge on any atom is 0.626 e. The highest BCUT2D eigenvalue weighted by Crippen LogP contribution is 2.17. The van der Waals surface area contributed by atoms with Gasteiger partial charge in [-0.1, -0.05) is 0 Å². The van der Waals surface area contributed by atoms with Gasteiger partial charge in [0.05, 0.1) is 9.72 Å². The fourth-order valence-corrected chi connectivity index (χ4v) is 0.956. The molecule has 1 amide bonds. The Kier molecular flexibility index (Phi) is 3.98. The van der Waals surface area contributed by atoms with Crippen LogP contribution in [0.5, 0.6) is 5.75 Å². The molecule has 0 radical (unpaired) electrons. The van der Waals surface area contributed by atoms with Crippen LogP contribution in [0.15, 0.2) is 24.3 Å². The highest BCUT2D eigenvalue weighted by atomic mass is 16.6. The number of amides is 1. The minimum Gasteiger partial charge on any atom is -0.547 e. The summed E-state index contributed by atoms with van der Waals surface area (Å²) in [5.74, 6) is -0.640. The normalized spacial score (nSPS) is 9.41. The molecule has 0 aliphatic heterocycles. The number of hydrogen-bond acceptors (Lipinski definition) is 5. The first-order chi connectivity index (χ1) is 7.99. The number of rotatable bonds is 4. The monoisotopic (exact) mass is 241 g/mol. The van der Waals surface area contributed by atoms with E-state index in [1.54, 1.807) is 0 Å². The summed E-state index contributed by atoms with van der Waals surface area (Å²) in [6, 6.07) is 4.90. The van der Waals surface area contributed by atoms with Gasteiger partial charge < -0.3 is 9.84 Å². The van der Waals surface area contributed by atoms with Crippen LogP contribution in [0.4, 0.5) is 10.5 Å². The Morgan fingerprint density at radius 2 is 1.94 bits per heavy atom. The number of ether oxygens (including phenoxy) is 1. The molecule has 0 aliphatic rings. The summed E-state index contributed by atoms with van der Waals surface area (Å²) >= 11 is 0. The fraction of sp³-hybridized carbons (Fsp3) is 0.111. The predicted octanol–water partition coefficient (Wildman–Crippen LogP) is -0.0656. The molecular formula is C9H9N2O6+. The van der Waals surface area contributed by atoms with E-state index in [-0.39, 0.29) is 11.4 Å². The maximum atomic E-state index is 11.1. The van der Waals surface area contributed by atoms with Crippen molar-refractivity contribution >= 4 is 17.7 Å². The highest BCUT2D eigenvalue weighted by molar-refractivity contribution is 5.78. The van der Waals surface area contributed by atoms with E-state index in [0.29, 0.717) is 0 Å². The van der Waals surface area contributed by atoms with Gasteiger partial charge in [0, 0.05) is 12.1 Å². The lowest BCUT2D eigenvalue weighted by molar-refractivity contribution is -0.384. The summed E-state index contributed by atoms with van der Waals surface area (Å²) in [7, 11) is 0. The van der Waals surface area contributed by atoms with Gasteiger partial charge in [-0.2, -0.15) is 0 Å². The van der Waals surface area contributed by atoms with Crippen LogP contribution < -0.4 is 10.1 Å². The quantitative estimate of drug-likeness (QED) is 0.260. The summed E-state index contributed by atoms with van der Waals surface area (Å²) in [6.45, 7) is -0.431. The third kappa shape index (κ3) is 4.16. The molecule has 0 bridgehead atoms. The largest absolute Gasteiger partial charge is 0.626 e. The van der Waals surface area contributed by atoms with Crippen molar-refractivity contribution < 1.29 is 24.4 Å². The molecule has 0 spiro atoms. The summed E-state index contributed by atoms with van der Waals surface area (Å²) in [6.07, 6.45) is -1.09. The Morgan fingerprint density at radius 1 is 1.35 bits per heavy atom. The molecule has 90 valence electrons. The van der Waals surface area contributed by atoms with E-state index in [4.69, 9.17) is 9.84 Å². The van der Waals surface area contributed by atoms with Gasteiger partial charge >= 0.3 is 12.1 Å². The van der Waals surface area contributed by atoms with Crippen molar-refractivity contribution in [1.29, 1.82) is 0 Å². The van der Waals surface area contributed by atoms with Crippen LogP contribution >= 0.6 is 0 Å². The van der Waals surface area contributed by atoms with Gasteiger partial charge in [-0.15, -0.1) is 0 Å². The number of nitrogens with one attached hydrogen (secondary N) is 1. The van der Waals surface area contributed by atoms with Gasteiger partial charge in [0.15, 0.2) is 0 Å². The molecule has 0 aromatic heterocycles. The zero-order valence-corrected chi connectivity index (χ0v) is 8.50. The number of carbonyl (C=O) groups excluding carboxylic acids is 2. The van der Waals surface area contributed by atoms with Crippen molar-refractivity contribution in [2.75, 3.05) is 6.54 Å². The van der Waals surface area contributed by atoms with Gasteiger partial charge in [-0.05, 0) is 12.1 Å². The molecule has 0 saturated heterocycles. The second-order valence-electron chi connectivity index (χ2n) is 2.91. The first kappa shape index (κ1) is 12.4. The number of nitrogens with zero attached hydrogens (tertiary/aromatic N) is 1. The van der Waals surface area contributed by atoms with Gasteiger partial charge in [0.25, 0.3) is 5.69 Å². The van der Waals surface area contributed by atoms with E-state index in [2.05, 4.69) is 0 Å². The van der Waals surface area contributed by atoms with Gasteiger partial charge in [0.2, 0.25) is 0 Å². The van der Waals surface area contributed by atoms with E-state index >= 15 is 0 Å².